The van der Waals surface area contributed by atoms with Crippen molar-refractivity contribution in [3.05, 3.63) is 0 Å². The lowest BCUT2D eigenvalue weighted by molar-refractivity contribution is -0.154. The molecule has 0 N–H and O–H groups in total. The van der Waals surface area contributed by atoms with Crippen LogP contribution in [0, 0.1) is 17.8 Å². The number of likely N-dealkylation sites (tertiary alicyclic amines) is 2. The molecule has 0 spiro atoms. The van der Waals surface area contributed by atoms with Crippen LogP contribution >= 0.6 is 0 Å². The number of carbonyl (C=O) groups is 2. The van der Waals surface area contributed by atoms with Gasteiger partial charge >= 0.3 is 0 Å². The number of hydrogen-bond acceptors (Lipinski definition) is 2. The predicted octanol–water partition coefficient (Wildman–Crippen LogP) is 1.89. The molecule has 2 heterocycles. The Morgan fingerprint density at radius 1 is 1.30 bits per heavy atom. The number of rotatable bonds is 4. The van der Waals surface area contributed by atoms with E-state index in [9.17, 15) is 9.59 Å². The highest BCUT2D eigenvalue weighted by molar-refractivity contribution is 5.88. The van der Waals surface area contributed by atoms with Gasteiger partial charge in [0.05, 0.1) is 0 Å². The van der Waals surface area contributed by atoms with Crippen molar-refractivity contribution in [2.75, 3.05) is 19.6 Å². The first-order chi connectivity index (χ1) is 9.54. The third-order valence-corrected chi connectivity index (χ3v) is 4.87. The Balaban J connectivity index is 1.68. The maximum atomic E-state index is 12.6. The first kappa shape index (κ1) is 13.9. The standard InChI is InChI=1S/C16H26N2O2/c1-11(2)7-15(19)18-6-5-13-8-14(18)16(20)17(10-13)9-12-3-4-12/h11-14H,3-10H2,1-2H3/t13-,14+/m0/s1. The molecule has 2 amide bonds. The van der Waals surface area contributed by atoms with Gasteiger partial charge in [0, 0.05) is 26.1 Å². The minimum Gasteiger partial charge on any atom is -0.340 e. The maximum Gasteiger partial charge on any atom is 0.245 e. The molecule has 2 atom stereocenters. The van der Waals surface area contributed by atoms with Gasteiger partial charge in [-0.15, -0.1) is 0 Å². The van der Waals surface area contributed by atoms with Crippen LogP contribution in [-0.2, 0) is 9.59 Å². The van der Waals surface area contributed by atoms with Crippen LogP contribution in [0.2, 0.25) is 0 Å². The molecule has 0 radical (unpaired) electrons. The van der Waals surface area contributed by atoms with Crippen molar-refractivity contribution in [2.45, 2.75) is 52.0 Å². The van der Waals surface area contributed by atoms with E-state index in [-0.39, 0.29) is 17.9 Å². The van der Waals surface area contributed by atoms with Crippen LogP contribution < -0.4 is 0 Å². The first-order valence-corrected chi connectivity index (χ1v) is 8.13. The van der Waals surface area contributed by atoms with Crippen LogP contribution in [0.15, 0.2) is 0 Å². The summed E-state index contributed by atoms with van der Waals surface area (Å²) in [6.07, 6.45) is 5.07. The van der Waals surface area contributed by atoms with Crippen molar-refractivity contribution >= 4 is 11.8 Å². The third-order valence-electron chi connectivity index (χ3n) is 4.87. The van der Waals surface area contributed by atoms with E-state index >= 15 is 0 Å². The highest BCUT2D eigenvalue weighted by Crippen LogP contribution is 2.35. The van der Waals surface area contributed by atoms with E-state index in [1.54, 1.807) is 0 Å². The molecule has 0 aromatic rings. The maximum absolute atomic E-state index is 12.6. The fourth-order valence-electron chi connectivity index (χ4n) is 3.59. The van der Waals surface area contributed by atoms with Crippen LogP contribution in [0.25, 0.3) is 0 Å². The van der Waals surface area contributed by atoms with Crippen molar-refractivity contribution in [3.8, 4) is 0 Å². The Kier molecular flexibility index (Phi) is 3.74. The Bertz CT molecular complexity index is 403. The second kappa shape index (κ2) is 5.38. The van der Waals surface area contributed by atoms with Crippen molar-refractivity contribution < 1.29 is 9.59 Å². The highest BCUT2D eigenvalue weighted by atomic mass is 16.2. The normalized spacial score (nSPS) is 30.1. The summed E-state index contributed by atoms with van der Waals surface area (Å²) in [5.41, 5.74) is 0. The Hall–Kier alpha value is -1.06. The molecular weight excluding hydrogens is 252 g/mol. The van der Waals surface area contributed by atoms with Crippen molar-refractivity contribution in [2.24, 2.45) is 17.8 Å². The van der Waals surface area contributed by atoms with E-state index in [1.807, 2.05) is 9.80 Å². The monoisotopic (exact) mass is 278 g/mol. The van der Waals surface area contributed by atoms with E-state index in [4.69, 9.17) is 0 Å². The summed E-state index contributed by atoms with van der Waals surface area (Å²) >= 11 is 0. The first-order valence-electron chi connectivity index (χ1n) is 8.13. The third kappa shape index (κ3) is 2.84. The highest BCUT2D eigenvalue weighted by Gasteiger charge is 2.43. The molecule has 3 fully saturated rings. The second-order valence-corrected chi connectivity index (χ2v) is 7.28. The molecule has 4 heteroatoms. The second-order valence-electron chi connectivity index (χ2n) is 7.28. The SMILES string of the molecule is CC(C)CC(=O)N1CC[C@H]2C[C@@H]1C(=O)N(CC1CC1)C2. The van der Waals surface area contributed by atoms with Crippen molar-refractivity contribution in [3.63, 3.8) is 0 Å². The molecule has 3 rings (SSSR count). The van der Waals surface area contributed by atoms with E-state index in [0.29, 0.717) is 18.3 Å². The number of carbonyl (C=O) groups excluding carboxylic acids is 2. The van der Waals surface area contributed by atoms with Gasteiger partial charge in [-0.3, -0.25) is 9.59 Å². The van der Waals surface area contributed by atoms with Gasteiger partial charge in [0.15, 0.2) is 0 Å². The quantitative estimate of drug-likeness (QED) is 0.788. The van der Waals surface area contributed by atoms with Gasteiger partial charge in [0.25, 0.3) is 0 Å². The van der Waals surface area contributed by atoms with Crippen LogP contribution in [0.5, 0.6) is 0 Å². The molecule has 112 valence electrons. The zero-order chi connectivity index (χ0) is 14.3. The number of hydrogen-bond donors (Lipinski definition) is 0. The predicted molar refractivity (Wildman–Crippen MR) is 77.0 cm³/mol. The molecule has 0 aromatic carbocycles. The summed E-state index contributed by atoms with van der Waals surface area (Å²) < 4.78 is 0. The van der Waals surface area contributed by atoms with Gasteiger partial charge in [0.2, 0.25) is 11.8 Å². The van der Waals surface area contributed by atoms with Gasteiger partial charge in [-0.25, -0.2) is 0 Å². The molecule has 2 saturated heterocycles. The summed E-state index contributed by atoms with van der Waals surface area (Å²) in [5, 5.41) is 0. The van der Waals surface area contributed by atoms with Crippen LogP contribution in [0.1, 0.15) is 46.0 Å². The molecule has 1 aliphatic carbocycles. The average molecular weight is 278 g/mol. The number of amides is 2. The topological polar surface area (TPSA) is 40.6 Å². The molecule has 20 heavy (non-hydrogen) atoms. The average Bonchev–Trinajstić information content (AvgIpc) is 3.19. The summed E-state index contributed by atoms with van der Waals surface area (Å²) in [5.74, 6) is 2.09. The van der Waals surface area contributed by atoms with E-state index in [1.165, 1.54) is 12.8 Å². The van der Waals surface area contributed by atoms with Gasteiger partial charge in [0.1, 0.15) is 6.04 Å². The van der Waals surface area contributed by atoms with E-state index in [0.717, 1.165) is 38.4 Å². The van der Waals surface area contributed by atoms with Crippen molar-refractivity contribution in [1.29, 1.82) is 0 Å². The number of nitrogens with zero attached hydrogens (tertiary/aromatic N) is 2. The molecule has 4 nitrogen and oxygen atoms in total. The van der Waals surface area contributed by atoms with Crippen LogP contribution in [-0.4, -0.2) is 47.3 Å². The number of fused-ring (bicyclic) bond motifs is 2. The fraction of sp³-hybridized carbons (Fsp3) is 0.875. The Morgan fingerprint density at radius 2 is 2.05 bits per heavy atom. The smallest absolute Gasteiger partial charge is 0.245 e. The Labute approximate surface area is 121 Å². The largest absolute Gasteiger partial charge is 0.340 e. The van der Waals surface area contributed by atoms with Crippen LogP contribution in [0.3, 0.4) is 0 Å². The van der Waals surface area contributed by atoms with Gasteiger partial charge in [-0.1, -0.05) is 13.8 Å². The molecular formula is C16H26N2O2. The lowest BCUT2D eigenvalue weighted by Gasteiger charge is -2.46. The zero-order valence-corrected chi connectivity index (χ0v) is 12.7. The molecule has 2 bridgehead atoms. The minimum absolute atomic E-state index is 0.160. The summed E-state index contributed by atoms with van der Waals surface area (Å²) in [6, 6.07) is -0.160. The lowest BCUT2D eigenvalue weighted by Crippen LogP contribution is -2.60. The molecule has 3 aliphatic rings. The molecule has 0 unspecified atom stereocenters. The zero-order valence-electron chi connectivity index (χ0n) is 12.7. The van der Waals surface area contributed by atoms with Crippen LogP contribution in [0.4, 0.5) is 0 Å². The fourth-order valence-corrected chi connectivity index (χ4v) is 3.59. The summed E-state index contributed by atoms with van der Waals surface area (Å²) in [7, 11) is 0. The molecule has 0 aromatic heterocycles. The lowest BCUT2D eigenvalue weighted by atomic mass is 9.85. The van der Waals surface area contributed by atoms with Crippen molar-refractivity contribution in [1.82, 2.24) is 9.80 Å². The molecule has 1 saturated carbocycles. The Morgan fingerprint density at radius 3 is 2.70 bits per heavy atom. The van der Waals surface area contributed by atoms with E-state index < -0.39 is 0 Å². The van der Waals surface area contributed by atoms with E-state index in [2.05, 4.69) is 13.8 Å². The van der Waals surface area contributed by atoms with Gasteiger partial charge in [-0.2, -0.15) is 0 Å². The minimum atomic E-state index is -0.160. The summed E-state index contributed by atoms with van der Waals surface area (Å²) in [4.78, 5) is 28.9. The summed E-state index contributed by atoms with van der Waals surface area (Å²) in [6.45, 7) is 6.76. The van der Waals surface area contributed by atoms with Gasteiger partial charge in [-0.05, 0) is 43.4 Å². The number of piperidine rings is 2. The van der Waals surface area contributed by atoms with Gasteiger partial charge < -0.3 is 9.80 Å². The molecule has 2 aliphatic heterocycles.